The summed E-state index contributed by atoms with van der Waals surface area (Å²) in [6.07, 6.45) is 1.71. The molecule has 0 spiro atoms. The van der Waals surface area contributed by atoms with Gasteiger partial charge >= 0.3 is 6.03 Å². The van der Waals surface area contributed by atoms with E-state index in [-0.39, 0.29) is 6.03 Å². The van der Waals surface area contributed by atoms with Gasteiger partial charge in [0.2, 0.25) is 5.88 Å². The van der Waals surface area contributed by atoms with Gasteiger partial charge in [0.15, 0.2) is 0 Å². The number of rotatable bonds is 3. The van der Waals surface area contributed by atoms with E-state index in [1.54, 1.807) is 18.2 Å². The van der Waals surface area contributed by atoms with Crippen LogP contribution in [0.25, 0.3) is 22.2 Å². The summed E-state index contributed by atoms with van der Waals surface area (Å²) in [5, 5.41) is 3.90. The summed E-state index contributed by atoms with van der Waals surface area (Å²) in [5.41, 5.74) is 4.66. The van der Waals surface area contributed by atoms with E-state index in [0.29, 0.717) is 19.0 Å². The number of fused-ring (bicyclic) bond motifs is 1. The number of hydrogen-bond acceptors (Lipinski definition) is 4. The SMILES string of the molecule is COc1cc(-c2cc(C)c3ccc(N4CCNC4=O)cc3n2)ccn1. The quantitative estimate of drug-likeness (QED) is 0.799. The summed E-state index contributed by atoms with van der Waals surface area (Å²) in [6, 6.07) is 11.7. The second kappa shape index (κ2) is 6.05. The Morgan fingerprint density at radius 1 is 1.20 bits per heavy atom. The molecule has 0 aliphatic carbocycles. The van der Waals surface area contributed by atoms with Crippen LogP contribution in [0.1, 0.15) is 5.56 Å². The highest BCUT2D eigenvalue weighted by atomic mass is 16.5. The first kappa shape index (κ1) is 15.4. The molecule has 1 aliphatic rings. The number of aryl methyl sites for hydroxylation is 1. The number of pyridine rings is 2. The van der Waals surface area contributed by atoms with Crippen LogP contribution in [0.2, 0.25) is 0 Å². The molecule has 3 aromatic rings. The topological polar surface area (TPSA) is 67.3 Å². The summed E-state index contributed by atoms with van der Waals surface area (Å²) in [5.74, 6) is 0.555. The minimum Gasteiger partial charge on any atom is -0.481 e. The van der Waals surface area contributed by atoms with Crippen LogP contribution in [0.5, 0.6) is 5.88 Å². The Kier molecular flexibility index (Phi) is 3.72. The van der Waals surface area contributed by atoms with Crippen molar-refractivity contribution < 1.29 is 9.53 Å². The van der Waals surface area contributed by atoms with Gasteiger partial charge in [-0.15, -0.1) is 0 Å². The Hall–Kier alpha value is -3.15. The first-order chi connectivity index (χ1) is 12.2. The normalized spacial score (nSPS) is 14.0. The fourth-order valence-electron chi connectivity index (χ4n) is 3.10. The van der Waals surface area contributed by atoms with Gasteiger partial charge in [0.05, 0.1) is 18.3 Å². The third kappa shape index (κ3) is 2.76. The first-order valence-electron chi connectivity index (χ1n) is 8.13. The maximum Gasteiger partial charge on any atom is 0.321 e. The van der Waals surface area contributed by atoms with Crippen LogP contribution in [0, 0.1) is 6.92 Å². The highest BCUT2D eigenvalue weighted by Crippen LogP contribution is 2.29. The Morgan fingerprint density at radius 2 is 2.08 bits per heavy atom. The van der Waals surface area contributed by atoms with Crippen molar-refractivity contribution in [2.45, 2.75) is 6.92 Å². The molecule has 3 heterocycles. The number of ether oxygens (including phenoxy) is 1. The summed E-state index contributed by atoms with van der Waals surface area (Å²) in [6.45, 7) is 3.40. The molecule has 0 saturated carbocycles. The number of methoxy groups -OCH3 is 1. The molecule has 2 amide bonds. The molecule has 1 N–H and O–H groups in total. The predicted molar refractivity (Wildman–Crippen MR) is 97.0 cm³/mol. The van der Waals surface area contributed by atoms with Gasteiger partial charge in [0.1, 0.15) is 0 Å². The van der Waals surface area contributed by atoms with Gasteiger partial charge in [-0.25, -0.2) is 14.8 Å². The van der Waals surface area contributed by atoms with Gasteiger partial charge in [-0.05, 0) is 36.8 Å². The van der Waals surface area contributed by atoms with E-state index in [4.69, 9.17) is 9.72 Å². The van der Waals surface area contributed by atoms with Gasteiger partial charge in [0.25, 0.3) is 0 Å². The smallest absolute Gasteiger partial charge is 0.321 e. The van der Waals surface area contributed by atoms with Crippen LogP contribution < -0.4 is 15.0 Å². The maximum absolute atomic E-state index is 11.9. The van der Waals surface area contributed by atoms with Gasteiger partial charge in [0, 0.05) is 42.0 Å². The number of benzene rings is 1. The zero-order chi connectivity index (χ0) is 17.4. The molecule has 1 fully saturated rings. The van der Waals surface area contributed by atoms with Crippen LogP contribution in [-0.2, 0) is 0 Å². The first-order valence-corrected chi connectivity index (χ1v) is 8.13. The van der Waals surface area contributed by atoms with Crippen LogP contribution >= 0.6 is 0 Å². The van der Waals surface area contributed by atoms with Crippen molar-refractivity contribution in [3.8, 4) is 17.1 Å². The molecule has 0 atom stereocenters. The fraction of sp³-hybridized carbons (Fsp3) is 0.211. The second-order valence-corrected chi connectivity index (χ2v) is 6.00. The van der Waals surface area contributed by atoms with Crippen LogP contribution in [0.3, 0.4) is 0 Å². The van der Waals surface area contributed by atoms with Crippen molar-refractivity contribution in [2.75, 3.05) is 25.1 Å². The lowest BCUT2D eigenvalue weighted by Crippen LogP contribution is -2.27. The number of aromatic nitrogens is 2. The summed E-state index contributed by atoms with van der Waals surface area (Å²) in [7, 11) is 1.60. The number of carbonyl (C=O) groups excluding carboxylic acids is 1. The van der Waals surface area contributed by atoms with E-state index in [1.165, 1.54) is 0 Å². The standard InChI is InChI=1S/C19H18N4O2/c1-12-9-16(13-5-6-20-18(10-13)25-2)22-17-11-14(3-4-15(12)17)23-8-7-21-19(23)24/h3-6,9-11H,7-8H2,1-2H3,(H,21,24). The third-order valence-electron chi connectivity index (χ3n) is 4.41. The van der Waals surface area contributed by atoms with E-state index in [1.807, 2.05) is 30.3 Å². The maximum atomic E-state index is 11.9. The van der Waals surface area contributed by atoms with Crippen LogP contribution in [0.15, 0.2) is 42.6 Å². The number of nitrogens with zero attached hydrogens (tertiary/aromatic N) is 3. The number of amides is 2. The highest BCUT2D eigenvalue weighted by Gasteiger charge is 2.21. The molecule has 1 aromatic carbocycles. The van der Waals surface area contributed by atoms with E-state index in [9.17, 15) is 4.79 Å². The Labute approximate surface area is 145 Å². The van der Waals surface area contributed by atoms with Crippen molar-refractivity contribution in [3.05, 3.63) is 48.2 Å². The van der Waals surface area contributed by atoms with Gasteiger partial charge < -0.3 is 10.1 Å². The largest absolute Gasteiger partial charge is 0.481 e. The molecular weight excluding hydrogens is 316 g/mol. The number of anilines is 1. The van der Waals surface area contributed by atoms with Gasteiger partial charge in [-0.1, -0.05) is 6.07 Å². The highest BCUT2D eigenvalue weighted by molar-refractivity contribution is 5.97. The number of urea groups is 1. The van der Waals surface area contributed by atoms with Gasteiger partial charge in [-0.3, -0.25) is 4.90 Å². The van der Waals surface area contributed by atoms with E-state index >= 15 is 0 Å². The lowest BCUT2D eigenvalue weighted by atomic mass is 10.1. The van der Waals surface area contributed by atoms with E-state index in [0.717, 1.165) is 33.4 Å². The molecule has 25 heavy (non-hydrogen) atoms. The number of hydrogen-bond donors (Lipinski definition) is 1. The zero-order valence-electron chi connectivity index (χ0n) is 14.1. The molecule has 126 valence electrons. The van der Waals surface area contributed by atoms with Crippen molar-refractivity contribution in [1.82, 2.24) is 15.3 Å². The molecule has 4 rings (SSSR count). The average molecular weight is 334 g/mol. The lowest BCUT2D eigenvalue weighted by Gasteiger charge is -2.15. The molecule has 0 radical (unpaired) electrons. The monoisotopic (exact) mass is 334 g/mol. The third-order valence-corrected chi connectivity index (χ3v) is 4.41. The molecule has 0 unspecified atom stereocenters. The zero-order valence-corrected chi connectivity index (χ0v) is 14.1. The minimum atomic E-state index is -0.0638. The Bertz CT molecular complexity index is 971. The molecule has 6 heteroatoms. The fourth-order valence-corrected chi connectivity index (χ4v) is 3.10. The molecule has 1 saturated heterocycles. The molecular formula is C19H18N4O2. The summed E-state index contributed by atoms with van der Waals surface area (Å²) < 4.78 is 5.20. The lowest BCUT2D eigenvalue weighted by molar-refractivity contribution is 0.252. The molecule has 1 aliphatic heterocycles. The van der Waals surface area contributed by atoms with E-state index < -0.39 is 0 Å². The Morgan fingerprint density at radius 3 is 2.84 bits per heavy atom. The van der Waals surface area contributed by atoms with Crippen LogP contribution in [0.4, 0.5) is 10.5 Å². The molecule has 0 bridgehead atoms. The second-order valence-electron chi connectivity index (χ2n) is 6.00. The van der Waals surface area contributed by atoms with Crippen molar-refractivity contribution in [2.24, 2.45) is 0 Å². The Balaban J connectivity index is 1.82. The number of nitrogens with one attached hydrogen (secondary N) is 1. The molecule has 6 nitrogen and oxygen atoms in total. The van der Waals surface area contributed by atoms with Crippen molar-refractivity contribution >= 4 is 22.6 Å². The average Bonchev–Trinajstić information content (AvgIpc) is 3.07. The summed E-state index contributed by atoms with van der Waals surface area (Å²) >= 11 is 0. The van der Waals surface area contributed by atoms with E-state index in [2.05, 4.69) is 23.3 Å². The van der Waals surface area contributed by atoms with Gasteiger partial charge in [-0.2, -0.15) is 0 Å². The molecule has 2 aromatic heterocycles. The number of carbonyl (C=O) groups is 1. The predicted octanol–water partition coefficient (Wildman–Crippen LogP) is 3.14. The van der Waals surface area contributed by atoms with Crippen molar-refractivity contribution in [3.63, 3.8) is 0 Å². The van der Waals surface area contributed by atoms with Crippen LogP contribution in [-0.4, -0.2) is 36.2 Å². The summed E-state index contributed by atoms with van der Waals surface area (Å²) in [4.78, 5) is 22.6. The van der Waals surface area contributed by atoms with Crippen molar-refractivity contribution in [1.29, 1.82) is 0 Å². The minimum absolute atomic E-state index is 0.0638.